The van der Waals surface area contributed by atoms with E-state index in [2.05, 4.69) is 10.1 Å². The number of nitrogens with zero attached hydrogens (tertiary/aromatic N) is 2. The van der Waals surface area contributed by atoms with Crippen molar-refractivity contribution in [2.75, 3.05) is 0 Å². The molecule has 3 rings (SSSR count). The van der Waals surface area contributed by atoms with Crippen LogP contribution >= 0.6 is 23.2 Å². The summed E-state index contributed by atoms with van der Waals surface area (Å²) >= 11 is 10.9. The molecule has 0 atom stereocenters. The maximum absolute atomic E-state index is 11.4. The van der Waals surface area contributed by atoms with Crippen LogP contribution < -0.4 is 0 Å². The molecular formula is C15H12Cl2N2O3. The Hall–Kier alpha value is -1.72. The predicted octanol–water partition coefficient (Wildman–Crippen LogP) is 3.62. The van der Waals surface area contributed by atoms with Gasteiger partial charge in [-0.15, -0.1) is 0 Å². The van der Waals surface area contributed by atoms with Gasteiger partial charge in [-0.3, -0.25) is 9.59 Å². The SMILES string of the molecule is O=C(Cl)C(C(=O)Cl)c1cccc(-c2noc(C3CCC3)n2)c1. The molecule has 1 aromatic carbocycles. The van der Waals surface area contributed by atoms with E-state index in [-0.39, 0.29) is 0 Å². The van der Waals surface area contributed by atoms with Crippen molar-refractivity contribution in [1.29, 1.82) is 0 Å². The van der Waals surface area contributed by atoms with Gasteiger partial charge in [-0.2, -0.15) is 4.98 Å². The van der Waals surface area contributed by atoms with Crippen LogP contribution in [0.4, 0.5) is 0 Å². The minimum absolute atomic E-state index is 0.339. The molecule has 114 valence electrons. The van der Waals surface area contributed by atoms with Crippen LogP contribution in [0.25, 0.3) is 11.4 Å². The summed E-state index contributed by atoms with van der Waals surface area (Å²) in [6.45, 7) is 0. The second kappa shape index (κ2) is 6.18. The van der Waals surface area contributed by atoms with E-state index in [4.69, 9.17) is 27.7 Å². The summed E-state index contributed by atoms with van der Waals surface area (Å²) in [5, 5.41) is 2.32. The average Bonchev–Trinajstić information content (AvgIpc) is 2.85. The Morgan fingerprint density at radius 2 is 1.95 bits per heavy atom. The molecule has 1 saturated carbocycles. The van der Waals surface area contributed by atoms with Crippen LogP contribution in [0, 0.1) is 0 Å². The molecule has 7 heteroatoms. The normalized spacial score (nSPS) is 14.9. The van der Waals surface area contributed by atoms with Gasteiger partial charge in [-0.05, 0) is 47.7 Å². The van der Waals surface area contributed by atoms with Crippen LogP contribution in [-0.4, -0.2) is 20.6 Å². The van der Waals surface area contributed by atoms with Gasteiger partial charge in [0.1, 0.15) is 5.92 Å². The van der Waals surface area contributed by atoms with Crippen molar-refractivity contribution in [2.45, 2.75) is 31.1 Å². The molecular weight excluding hydrogens is 327 g/mol. The quantitative estimate of drug-likeness (QED) is 0.614. The zero-order chi connectivity index (χ0) is 15.7. The number of rotatable bonds is 5. The van der Waals surface area contributed by atoms with Gasteiger partial charge in [0.05, 0.1) is 0 Å². The third-order valence-electron chi connectivity index (χ3n) is 3.83. The molecule has 0 aliphatic heterocycles. The van der Waals surface area contributed by atoms with Gasteiger partial charge in [0, 0.05) is 11.5 Å². The molecule has 22 heavy (non-hydrogen) atoms. The van der Waals surface area contributed by atoms with Crippen molar-refractivity contribution in [2.24, 2.45) is 0 Å². The van der Waals surface area contributed by atoms with E-state index in [1.807, 2.05) is 0 Å². The summed E-state index contributed by atoms with van der Waals surface area (Å²) in [6, 6.07) is 6.70. The molecule has 2 aromatic rings. The Bertz CT molecular complexity index is 711. The fraction of sp³-hybridized carbons (Fsp3) is 0.333. The summed E-state index contributed by atoms with van der Waals surface area (Å²) in [5.74, 6) is 0.198. The van der Waals surface area contributed by atoms with Crippen molar-refractivity contribution < 1.29 is 14.1 Å². The number of halogens is 2. The molecule has 1 fully saturated rings. The van der Waals surface area contributed by atoms with E-state index >= 15 is 0 Å². The maximum Gasteiger partial charge on any atom is 0.237 e. The molecule has 0 radical (unpaired) electrons. The number of hydrogen-bond donors (Lipinski definition) is 0. The lowest BCUT2D eigenvalue weighted by Gasteiger charge is -2.20. The largest absolute Gasteiger partial charge is 0.339 e. The van der Waals surface area contributed by atoms with Gasteiger partial charge >= 0.3 is 0 Å². The van der Waals surface area contributed by atoms with Crippen LogP contribution in [0.3, 0.4) is 0 Å². The van der Waals surface area contributed by atoms with E-state index in [0.717, 1.165) is 12.8 Å². The number of benzene rings is 1. The topological polar surface area (TPSA) is 73.1 Å². The van der Waals surface area contributed by atoms with Crippen molar-refractivity contribution >= 4 is 33.7 Å². The van der Waals surface area contributed by atoms with Crippen LogP contribution in [0.1, 0.15) is 42.6 Å². The highest BCUT2D eigenvalue weighted by Crippen LogP contribution is 2.36. The first-order chi connectivity index (χ1) is 10.6. The Kier molecular flexibility index (Phi) is 4.27. The summed E-state index contributed by atoms with van der Waals surface area (Å²) in [5.41, 5.74) is 1.06. The first kappa shape index (κ1) is 15.2. The van der Waals surface area contributed by atoms with Gasteiger partial charge in [0.25, 0.3) is 0 Å². The number of aromatic nitrogens is 2. The summed E-state index contributed by atoms with van der Waals surface area (Å²) < 4.78 is 5.27. The molecule has 1 aliphatic rings. The number of carbonyl (C=O) groups is 2. The predicted molar refractivity (Wildman–Crippen MR) is 80.8 cm³/mol. The number of hydrogen-bond acceptors (Lipinski definition) is 5. The third kappa shape index (κ3) is 2.91. The Balaban J connectivity index is 1.91. The molecule has 0 bridgehead atoms. The van der Waals surface area contributed by atoms with E-state index in [1.165, 1.54) is 6.42 Å². The summed E-state index contributed by atoms with van der Waals surface area (Å²) in [7, 11) is 0. The summed E-state index contributed by atoms with van der Waals surface area (Å²) in [6.07, 6.45) is 3.30. The molecule has 1 aromatic heterocycles. The number of carbonyl (C=O) groups excluding carboxylic acids is 2. The van der Waals surface area contributed by atoms with Crippen molar-refractivity contribution in [3.8, 4) is 11.4 Å². The first-order valence-corrected chi connectivity index (χ1v) is 7.64. The van der Waals surface area contributed by atoms with E-state index in [1.54, 1.807) is 24.3 Å². The minimum Gasteiger partial charge on any atom is -0.339 e. The summed E-state index contributed by atoms with van der Waals surface area (Å²) in [4.78, 5) is 27.1. The van der Waals surface area contributed by atoms with Crippen molar-refractivity contribution in [1.82, 2.24) is 10.1 Å². The van der Waals surface area contributed by atoms with Crippen LogP contribution in [-0.2, 0) is 9.59 Å². The second-order valence-electron chi connectivity index (χ2n) is 5.25. The Labute approximate surface area is 136 Å². The highest BCUT2D eigenvalue weighted by atomic mass is 35.5. The smallest absolute Gasteiger partial charge is 0.237 e. The third-order valence-corrected chi connectivity index (χ3v) is 4.26. The fourth-order valence-corrected chi connectivity index (χ4v) is 2.89. The molecule has 0 saturated heterocycles. The van der Waals surface area contributed by atoms with Crippen LogP contribution in [0.5, 0.6) is 0 Å². The van der Waals surface area contributed by atoms with Gasteiger partial charge in [0.2, 0.25) is 22.2 Å². The lowest BCUT2D eigenvalue weighted by molar-refractivity contribution is -0.120. The molecule has 1 aliphatic carbocycles. The van der Waals surface area contributed by atoms with Gasteiger partial charge in [-0.25, -0.2) is 0 Å². The van der Waals surface area contributed by atoms with E-state index in [9.17, 15) is 9.59 Å². The zero-order valence-corrected chi connectivity index (χ0v) is 13.0. The Morgan fingerprint density at radius 1 is 1.23 bits per heavy atom. The molecule has 0 N–H and O–H groups in total. The minimum atomic E-state index is -1.19. The van der Waals surface area contributed by atoms with Gasteiger partial charge < -0.3 is 4.52 Å². The Morgan fingerprint density at radius 3 is 2.55 bits per heavy atom. The van der Waals surface area contributed by atoms with E-state index in [0.29, 0.717) is 28.8 Å². The van der Waals surface area contributed by atoms with Crippen molar-refractivity contribution in [3.63, 3.8) is 0 Å². The molecule has 0 amide bonds. The standard InChI is InChI=1S/C15H12Cl2N2O3/c16-12(20)11(13(17)21)9-5-2-6-10(7-9)14-18-15(22-19-14)8-3-1-4-8/h2,5-8,11H,1,3-4H2. The fourth-order valence-electron chi connectivity index (χ4n) is 2.38. The first-order valence-electron chi connectivity index (χ1n) is 6.89. The molecule has 0 spiro atoms. The van der Waals surface area contributed by atoms with Gasteiger partial charge in [0.15, 0.2) is 0 Å². The highest BCUT2D eigenvalue weighted by molar-refractivity contribution is 6.74. The molecule has 5 nitrogen and oxygen atoms in total. The van der Waals surface area contributed by atoms with E-state index < -0.39 is 16.4 Å². The second-order valence-corrected chi connectivity index (χ2v) is 6.00. The lowest BCUT2D eigenvalue weighted by Crippen LogP contribution is -2.13. The molecule has 1 heterocycles. The molecule has 0 unspecified atom stereocenters. The maximum atomic E-state index is 11.4. The highest BCUT2D eigenvalue weighted by Gasteiger charge is 2.27. The zero-order valence-electron chi connectivity index (χ0n) is 11.5. The average molecular weight is 339 g/mol. The van der Waals surface area contributed by atoms with Crippen molar-refractivity contribution in [3.05, 3.63) is 35.7 Å². The monoisotopic (exact) mass is 338 g/mol. The lowest BCUT2D eigenvalue weighted by atomic mass is 9.85. The van der Waals surface area contributed by atoms with Crippen LogP contribution in [0.15, 0.2) is 28.8 Å². The van der Waals surface area contributed by atoms with Crippen LogP contribution in [0.2, 0.25) is 0 Å². The van der Waals surface area contributed by atoms with Gasteiger partial charge in [-0.1, -0.05) is 29.8 Å².